The second kappa shape index (κ2) is 6.39. The molecular formula is C14H14N8O3. The number of nitrogens with two attached hydrogens (primary N) is 1. The van der Waals surface area contributed by atoms with E-state index in [2.05, 4.69) is 35.8 Å². The fourth-order valence-corrected chi connectivity index (χ4v) is 2.12. The number of rotatable bonds is 4. The molecule has 0 radical (unpaired) electrons. The lowest BCUT2D eigenvalue weighted by Gasteiger charge is -2.03. The van der Waals surface area contributed by atoms with Crippen LogP contribution in [-0.2, 0) is 0 Å². The highest BCUT2D eigenvalue weighted by Crippen LogP contribution is 2.16. The minimum absolute atomic E-state index is 0.0713. The third-order valence-electron chi connectivity index (χ3n) is 3.41. The molecule has 11 heteroatoms. The molecule has 0 unspecified atom stereocenters. The average Bonchev–Trinajstić information content (AvgIpc) is 3.18. The van der Waals surface area contributed by atoms with E-state index in [4.69, 9.17) is 5.73 Å². The van der Waals surface area contributed by atoms with Crippen LogP contribution >= 0.6 is 0 Å². The highest BCUT2D eigenvalue weighted by Gasteiger charge is 2.18. The molecule has 11 nitrogen and oxygen atoms in total. The molecule has 0 saturated heterocycles. The number of hydrazone groups is 1. The molecule has 2 aromatic heterocycles. The van der Waals surface area contributed by atoms with Crippen molar-refractivity contribution < 1.29 is 14.5 Å². The molecule has 0 saturated carbocycles. The Labute approximate surface area is 141 Å². The summed E-state index contributed by atoms with van der Waals surface area (Å²) in [6.07, 6.45) is 0. The summed E-state index contributed by atoms with van der Waals surface area (Å²) in [7, 11) is 0. The van der Waals surface area contributed by atoms with Gasteiger partial charge < -0.3 is 10.8 Å². The average molecular weight is 342 g/mol. The van der Waals surface area contributed by atoms with Gasteiger partial charge in [-0.2, -0.15) is 9.78 Å². The maximum absolute atomic E-state index is 12.1. The van der Waals surface area contributed by atoms with Gasteiger partial charge in [-0.15, -0.1) is 5.10 Å². The van der Waals surface area contributed by atoms with E-state index in [0.29, 0.717) is 17.1 Å². The summed E-state index contributed by atoms with van der Waals surface area (Å²) in [4.78, 5) is 12.1. The molecule has 1 amide bonds. The largest absolute Gasteiger partial charge is 0.507 e. The van der Waals surface area contributed by atoms with E-state index in [9.17, 15) is 9.90 Å². The summed E-state index contributed by atoms with van der Waals surface area (Å²) in [6, 6.07) is 6.15. The molecule has 3 rings (SSSR count). The number of para-hydroxylation sites is 1. The van der Waals surface area contributed by atoms with E-state index in [1.807, 2.05) is 0 Å². The zero-order chi connectivity index (χ0) is 18.0. The molecule has 2 heterocycles. The number of carbonyl (C=O) groups is 1. The van der Waals surface area contributed by atoms with Gasteiger partial charge in [0.2, 0.25) is 11.6 Å². The molecule has 128 valence electrons. The predicted octanol–water partition coefficient (Wildman–Crippen LogP) is 0.401. The number of hydrogen-bond donors (Lipinski definition) is 3. The van der Waals surface area contributed by atoms with E-state index in [1.165, 1.54) is 16.8 Å². The van der Waals surface area contributed by atoms with Crippen LogP contribution in [0.3, 0.4) is 0 Å². The molecule has 0 fully saturated rings. The van der Waals surface area contributed by atoms with Crippen molar-refractivity contribution in [1.82, 2.24) is 30.7 Å². The molecule has 0 spiro atoms. The number of nitrogen functional groups attached to an aromatic ring is 1. The van der Waals surface area contributed by atoms with Gasteiger partial charge in [-0.25, -0.2) is 10.1 Å². The summed E-state index contributed by atoms with van der Waals surface area (Å²) in [5.41, 5.74) is 9.53. The second-order valence-corrected chi connectivity index (χ2v) is 5.06. The Bertz CT molecular complexity index is 959. The van der Waals surface area contributed by atoms with Gasteiger partial charge in [0, 0.05) is 0 Å². The first kappa shape index (κ1) is 16.1. The standard InChI is InChI=1S/C14H14N8O3/c1-7(16-18-14(24)9-5-3-4-6-10(9)23)11-8(2)22(21-17-11)13-12(15)19-25-20-13/h3-6,23H,1-2H3,(H2,15,19)(H,18,24)/b16-7+. The first-order valence-electron chi connectivity index (χ1n) is 7.12. The minimum atomic E-state index is -0.549. The zero-order valence-electron chi connectivity index (χ0n) is 13.3. The Morgan fingerprint density at radius 3 is 2.80 bits per heavy atom. The van der Waals surface area contributed by atoms with Crippen molar-refractivity contribution in [3.05, 3.63) is 41.2 Å². The number of nitrogens with zero attached hydrogens (tertiary/aromatic N) is 6. The van der Waals surface area contributed by atoms with Crippen molar-refractivity contribution >= 4 is 17.4 Å². The molecule has 4 N–H and O–H groups in total. The molecular weight excluding hydrogens is 328 g/mol. The first-order valence-corrected chi connectivity index (χ1v) is 7.12. The van der Waals surface area contributed by atoms with Crippen LogP contribution in [0.4, 0.5) is 5.82 Å². The van der Waals surface area contributed by atoms with Crippen molar-refractivity contribution in [1.29, 1.82) is 0 Å². The Morgan fingerprint density at radius 2 is 2.12 bits per heavy atom. The fraction of sp³-hybridized carbons (Fsp3) is 0.143. The molecule has 1 aromatic carbocycles. The third-order valence-corrected chi connectivity index (χ3v) is 3.41. The Balaban J connectivity index is 1.82. The van der Waals surface area contributed by atoms with Gasteiger partial charge in [-0.3, -0.25) is 4.79 Å². The Kier molecular flexibility index (Phi) is 4.12. The van der Waals surface area contributed by atoms with Crippen LogP contribution in [-0.4, -0.2) is 42.0 Å². The SMILES string of the molecule is C/C(=N\NC(=O)c1ccccc1O)c1nnn(-c2nonc2N)c1C. The molecule has 0 atom stereocenters. The summed E-state index contributed by atoms with van der Waals surface area (Å²) < 4.78 is 5.89. The highest BCUT2D eigenvalue weighted by molar-refractivity contribution is 6.01. The van der Waals surface area contributed by atoms with E-state index in [-0.39, 0.29) is 22.9 Å². The van der Waals surface area contributed by atoms with Crippen molar-refractivity contribution in [2.45, 2.75) is 13.8 Å². The van der Waals surface area contributed by atoms with Crippen molar-refractivity contribution in [3.8, 4) is 11.6 Å². The normalized spacial score (nSPS) is 11.5. The van der Waals surface area contributed by atoms with Crippen LogP contribution in [0.5, 0.6) is 5.75 Å². The van der Waals surface area contributed by atoms with Crippen LogP contribution in [0.2, 0.25) is 0 Å². The summed E-state index contributed by atoms with van der Waals surface area (Å²) in [5.74, 6) is -0.402. The predicted molar refractivity (Wildman–Crippen MR) is 86.1 cm³/mol. The van der Waals surface area contributed by atoms with Crippen molar-refractivity contribution in [2.75, 3.05) is 5.73 Å². The maximum Gasteiger partial charge on any atom is 0.275 e. The van der Waals surface area contributed by atoms with Gasteiger partial charge in [0.05, 0.1) is 17.0 Å². The Morgan fingerprint density at radius 1 is 1.36 bits per heavy atom. The van der Waals surface area contributed by atoms with E-state index in [0.717, 1.165) is 0 Å². The number of hydrogen-bond acceptors (Lipinski definition) is 9. The van der Waals surface area contributed by atoms with E-state index in [1.54, 1.807) is 26.0 Å². The van der Waals surface area contributed by atoms with Gasteiger partial charge in [0.25, 0.3) is 5.91 Å². The van der Waals surface area contributed by atoms with E-state index < -0.39 is 5.91 Å². The number of anilines is 1. The number of nitrogens with one attached hydrogen (secondary N) is 1. The number of carbonyl (C=O) groups excluding carboxylic acids is 1. The number of phenolic OH excluding ortho intramolecular Hbond substituents is 1. The van der Waals surface area contributed by atoms with Crippen LogP contribution in [0, 0.1) is 6.92 Å². The lowest BCUT2D eigenvalue weighted by molar-refractivity contribution is 0.0952. The number of amides is 1. The quantitative estimate of drug-likeness (QED) is 0.454. The maximum atomic E-state index is 12.1. The van der Waals surface area contributed by atoms with Gasteiger partial charge in [-0.1, -0.05) is 17.3 Å². The number of phenols is 1. The van der Waals surface area contributed by atoms with Gasteiger partial charge in [-0.05, 0) is 36.3 Å². The Hall–Kier alpha value is -3.76. The number of aromatic hydroxyl groups is 1. The van der Waals surface area contributed by atoms with E-state index >= 15 is 0 Å². The van der Waals surface area contributed by atoms with Gasteiger partial charge >= 0.3 is 0 Å². The summed E-state index contributed by atoms with van der Waals surface area (Å²) >= 11 is 0. The number of aromatic nitrogens is 5. The molecule has 0 bridgehead atoms. The van der Waals surface area contributed by atoms with Gasteiger partial charge in [0.1, 0.15) is 11.4 Å². The van der Waals surface area contributed by atoms with Crippen molar-refractivity contribution in [2.24, 2.45) is 5.10 Å². The highest BCUT2D eigenvalue weighted by atomic mass is 16.6. The fourth-order valence-electron chi connectivity index (χ4n) is 2.12. The van der Waals surface area contributed by atoms with Crippen molar-refractivity contribution in [3.63, 3.8) is 0 Å². The topological polar surface area (TPSA) is 157 Å². The second-order valence-electron chi connectivity index (χ2n) is 5.06. The summed E-state index contributed by atoms with van der Waals surface area (Å²) in [6.45, 7) is 3.38. The molecule has 25 heavy (non-hydrogen) atoms. The first-order chi connectivity index (χ1) is 12.0. The van der Waals surface area contributed by atoms with Crippen LogP contribution in [0.15, 0.2) is 34.0 Å². The summed E-state index contributed by atoms with van der Waals surface area (Å²) in [5, 5.41) is 28.7. The molecule has 0 aliphatic rings. The van der Waals surface area contributed by atoms with Crippen LogP contribution < -0.4 is 11.2 Å². The molecule has 0 aliphatic carbocycles. The monoisotopic (exact) mass is 342 g/mol. The lowest BCUT2D eigenvalue weighted by Crippen LogP contribution is -2.19. The molecule has 0 aliphatic heterocycles. The lowest BCUT2D eigenvalue weighted by atomic mass is 10.2. The number of benzene rings is 1. The minimum Gasteiger partial charge on any atom is -0.507 e. The van der Waals surface area contributed by atoms with Gasteiger partial charge in [0.15, 0.2) is 0 Å². The molecule has 3 aromatic rings. The van der Waals surface area contributed by atoms with Crippen LogP contribution in [0.25, 0.3) is 5.82 Å². The smallest absolute Gasteiger partial charge is 0.275 e. The third kappa shape index (κ3) is 3.02. The van der Waals surface area contributed by atoms with Crippen LogP contribution in [0.1, 0.15) is 28.7 Å². The zero-order valence-corrected chi connectivity index (χ0v) is 13.3.